The lowest BCUT2D eigenvalue weighted by molar-refractivity contribution is -0.0131. The Hall–Kier alpha value is -1.26. The van der Waals surface area contributed by atoms with Crippen molar-refractivity contribution in [1.82, 2.24) is 5.32 Å². The molecule has 3 aliphatic rings. The highest BCUT2D eigenvalue weighted by molar-refractivity contribution is 5.56. The third kappa shape index (κ3) is 3.86. The molecule has 1 aromatic rings. The average molecular weight is 338 g/mol. The van der Waals surface area contributed by atoms with Crippen molar-refractivity contribution in [3.8, 4) is 11.5 Å². The van der Waals surface area contributed by atoms with Gasteiger partial charge in [0, 0.05) is 11.5 Å². The Bertz CT molecular complexity index is 504. The zero-order valence-corrected chi connectivity index (χ0v) is 16.1. The van der Waals surface area contributed by atoms with E-state index in [1.165, 1.54) is 17.5 Å². The number of aliphatic hydroxyl groups excluding tert-OH is 1. The maximum Gasteiger partial charge on any atom is 0.165 e. The van der Waals surface area contributed by atoms with Gasteiger partial charge in [-0.1, -0.05) is 33.8 Å². The van der Waals surface area contributed by atoms with E-state index in [2.05, 4.69) is 5.32 Å². The quantitative estimate of drug-likeness (QED) is 0.673. The number of nitrogens with one attached hydrogen (secondary N) is 1. The third-order valence-corrected chi connectivity index (χ3v) is 4.71. The molecule has 4 atom stereocenters. The molecule has 4 heteroatoms. The Morgan fingerprint density at radius 2 is 1.67 bits per heavy atom. The standard InChI is InChI=1S/C14H16O3.C2H7N.2C2H6/c15-9-5-3-7-1-2-8-4-6-10(16)14-12(8)11(7)13(9)17-14;1-3-2;2*1-2/h3,5,8,10,12,14-16H,1-2,4,6H2;3H,1-2H3;2*1-2H3. The molecule has 0 aromatic heterocycles. The van der Waals surface area contributed by atoms with E-state index in [4.69, 9.17) is 4.74 Å². The first kappa shape index (κ1) is 20.8. The molecule has 1 fully saturated rings. The number of phenolic OH excluding ortho intramolecular Hbond substituents is 1. The van der Waals surface area contributed by atoms with Crippen molar-refractivity contribution >= 4 is 0 Å². The number of phenols is 1. The van der Waals surface area contributed by atoms with Gasteiger partial charge in [0.25, 0.3) is 0 Å². The summed E-state index contributed by atoms with van der Waals surface area (Å²) in [6.07, 6.45) is 3.67. The Labute approximate surface area is 147 Å². The molecule has 0 amide bonds. The summed E-state index contributed by atoms with van der Waals surface area (Å²) < 4.78 is 5.85. The molecule has 1 saturated carbocycles. The second kappa shape index (κ2) is 9.90. The molecule has 3 N–H and O–H groups in total. The number of rotatable bonds is 0. The Balaban J connectivity index is 0.000000365. The van der Waals surface area contributed by atoms with Crippen molar-refractivity contribution in [3.63, 3.8) is 0 Å². The summed E-state index contributed by atoms with van der Waals surface area (Å²) in [6.45, 7) is 8.00. The van der Waals surface area contributed by atoms with E-state index in [1.807, 2.05) is 47.9 Å². The molecule has 2 aliphatic carbocycles. The van der Waals surface area contributed by atoms with Crippen molar-refractivity contribution in [2.45, 2.75) is 71.5 Å². The van der Waals surface area contributed by atoms with E-state index >= 15 is 0 Å². The van der Waals surface area contributed by atoms with Crippen LogP contribution in [0.3, 0.4) is 0 Å². The minimum atomic E-state index is -0.381. The molecule has 0 spiro atoms. The van der Waals surface area contributed by atoms with E-state index in [9.17, 15) is 10.2 Å². The van der Waals surface area contributed by atoms with Crippen LogP contribution in [0, 0.1) is 5.92 Å². The van der Waals surface area contributed by atoms with E-state index in [-0.39, 0.29) is 18.0 Å². The molecule has 4 rings (SSSR count). The largest absolute Gasteiger partial charge is 0.504 e. The topological polar surface area (TPSA) is 61.7 Å². The van der Waals surface area contributed by atoms with Crippen LogP contribution in [0.15, 0.2) is 12.1 Å². The highest BCUT2D eigenvalue weighted by atomic mass is 16.5. The molecule has 0 saturated heterocycles. The van der Waals surface area contributed by atoms with Gasteiger partial charge in [-0.3, -0.25) is 0 Å². The van der Waals surface area contributed by atoms with Gasteiger partial charge < -0.3 is 20.3 Å². The number of benzene rings is 1. The van der Waals surface area contributed by atoms with Gasteiger partial charge in [-0.25, -0.2) is 0 Å². The predicted molar refractivity (Wildman–Crippen MR) is 100.0 cm³/mol. The minimum absolute atomic E-state index is 0.129. The van der Waals surface area contributed by atoms with Crippen LogP contribution in [-0.4, -0.2) is 36.5 Å². The molecular weight excluding hydrogens is 302 g/mol. The molecule has 4 nitrogen and oxygen atoms in total. The second-order valence-corrected chi connectivity index (χ2v) is 6.04. The van der Waals surface area contributed by atoms with Gasteiger partial charge >= 0.3 is 0 Å². The van der Waals surface area contributed by atoms with Crippen LogP contribution in [0.4, 0.5) is 0 Å². The number of hydrogen-bond acceptors (Lipinski definition) is 4. The van der Waals surface area contributed by atoms with Gasteiger partial charge in [-0.2, -0.15) is 0 Å². The lowest BCUT2D eigenvalue weighted by Crippen LogP contribution is -2.42. The normalized spacial score (nSPS) is 27.8. The molecule has 138 valence electrons. The number of aromatic hydroxyl groups is 1. The van der Waals surface area contributed by atoms with Gasteiger partial charge in [0.05, 0.1) is 6.10 Å². The predicted octanol–water partition coefficient (Wildman–Crippen LogP) is 3.84. The van der Waals surface area contributed by atoms with Gasteiger partial charge in [-0.05, 0) is 57.3 Å². The van der Waals surface area contributed by atoms with Crippen molar-refractivity contribution in [1.29, 1.82) is 0 Å². The monoisotopic (exact) mass is 337 g/mol. The van der Waals surface area contributed by atoms with E-state index in [0.717, 1.165) is 19.3 Å². The molecule has 1 aromatic carbocycles. The van der Waals surface area contributed by atoms with Crippen LogP contribution in [0.1, 0.15) is 64.0 Å². The Morgan fingerprint density at radius 1 is 1.04 bits per heavy atom. The van der Waals surface area contributed by atoms with Crippen molar-refractivity contribution in [2.75, 3.05) is 14.1 Å². The maximum absolute atomic E-state index is 10.1. The average Bonchev–Trinajstić information content (AvgIpc) is 3.04. The van der Waals surface area contributed by atoms with Crippen LogP contribution < -0.4 is 10.1 Å². The third-order valence-electron chi connectivity index (χ3n) is 4.71. The zero-order chi connectivity index (χ0) is 18.3. The zero-order valence-electron chi connectivity index (χ0n) is 16.1. The van der Waals surface area contributed by atoms with Gasteiger partial charge in [0.1, 0.15) is 6.10 Å². The fourth-order valence-corrected chi connectivity index (χ4v) is 3.93. The molecule has 1 aliphatic heterocycles. The van der Waals surface area contributed by atoms with Gasteiger partial charge in [-0.15, -0.1) is 0 Å². The number of aliphatic hydroxyl groups is 1. The summed E-state index contributed by atoms with van der Waals surface area (Å²) >= 11 is 0. The summed E-state index contributed by atoms with van der Waals surface area (Å²) in [5.74, 6) is 1.80. The van der Waals surface area contributed by atoms with E-state index in [1.54, 1.807) is 6.07 Å². The highest BCUT2D eigenvalue weighted by Gasteiger charge is 2.49. The van der Waals surface area contributed by atoms with Crippen LogP contribution in [0.25, 0.3) is 0 Å². The first-order valence-corrected chi connectivity index (χ1v) is 9.45. The first-order chi connectivity index (χ1) is 11.7. The fraction of sp³-hybridized carbons (Fsp3) is 0.700. The van der Waals surface area contributed by atoms with Crippen LogP contribution in [-0.2, 0) is 6.42 Å². The van der Waals surface area contributed by atoms with Crippen molar-refractivity contribution in [3.05, 3.63) is 23.3 Å². The van der Waals surface area contributed by atoms with Gasteiger partial charge in [0.15, 0.2) is 11.5 Å². The molecule has 1 heterocycles. The second-order valence-electron chi connectivity index (χ2n) is 6.04. The van der Waals surface area contributed by atoms with Crippen molar-refractivity contribution in [2.24, 2.45) is 5.92 Å². The fourth-order valence-electron chi connectivity index (χ4n) is 3.93. The summed E-state index contributed by atoms with van der Waals surface area (Å²) in [4.78, 5) is 0. The molecular formula is C20H35NO3. The molecule has 0 bridgehead atoms. The van der Waals surface area contributed by atoms with Crippen molar-refractivity contribution < 1.29 is 14.9 Å². The molecule has 24 heavy (non-hydrogen) atoms. The summed E-state index contributed by atoms with van der Waals surface area (Å²) in [6, 6.07) is 3.73. The SMILES string of the molecule is CC.CC.CNC.Oc1ccc2c3c1OC1C(O)CCC(CC2)C31. The lowest BCUT2D eigenvalue weighted by atomic mass is 9.67. The summed E-state index contributed by atoms with van der Waals surface area (Å²) in [5.41, 5.74) is 2.49. The van der Waals surface area contributed by atoms with Gasteiger partial charge in [0.2, 0.25) is 0 Å². The van der Waals surface area contributed by atoms with Crippen LogP contribution >= 0.6 is 0 Å². The summed E-state index contributed by atoms with van der Waals surface area (Å²) in [7, 11) is 3.75. The first-order valence-electron chi connectivity index (χ1n) is 9.45. The minimum Gasteiger partial charge on any atom is -0.504 e. The van der Waals surface area contributed by atoms with Crippen LogP contribution in [0.2, 0.25) is 0 Å². The van der Waals surface area contributed by atoms with E-state index < -0.39 is 0 Å². The summed E-state index contributed by atoms with van der Waals surface area (Å²) in [5, 5.41) is 22.7. The lowest BCUT2D eigenvalue weighted by Gasteiger charge is -2.38. The maximum atomic E-state index is 10.1. The number of ether oxygens (including phenoxy) is 1. The number of aryl methyl sites for hydroxylation is 1. The Morgan fingerprint density at radius 3 is 2.29 bits per heavy atom. The highest BCUT2D eigenvalue weighted by Crippen LogP contribution is 2.56. The smallest absolute Gasteiger partial charge is 0.165 e. The van der Waals surface area contributed by atoms with Crippen LogP contribution in [0.5, 0.6) is 11.5 Å². The molecule has 4 unspecified atom stereocenters. The number of hydrogen-bond donors (Lipinski definition) is 3. The molecule has 0 radical (unpaired) electrons. The van der Waals surface area contributed by atoms with E-state index in [0.29, 0.717) is 17.6 Å². The Kier molecular flexibility index (Phi) is 8.57.